The summed E-state index contributed by atoms with van der Waals surface area (Å²) in [6.45, 7) is 2.08. The third-order valence-corrected chi connectivity index (χ3v) is 5.57. The molecule has 10 heteroatoms. The molecule has 27 heavy (non-hydrogen) atoms. The maximum absolute atomic E-state index is 13.9. The Kier molecular flexibility index (Phi) is 5.80. The Hall–Kier alpha value is -2.40. The van der Waals surface area contributed by atoms with Gasteiger partial charge in [0, 0.05) is 24.7 Å². The molecule has 0 unspecified atom stereocenters. The van der Waals surface area contributed by atoms with E-state index in [-0.39, 0.29) is 28.9 Å². The molecule has 0 aliphatic carbocycles. The number of nitrogens with zero attached hydrogens (tertiary/aromatic N) is 1. The Labute approximate surface area is 156 Å². The molecule has 8 nitrogen and oxygen atoms in total. The number of aryl methyl sites for hydroxylation is 1. The van der Waals surface area contributed by atoms with Crippen molar-refractivity contribution in [1.82, 2.24) is 20.5 Å². The molecule has 1 aromatic carbocycles. The van der Waals surface area contributed by atoms with E-state index in [1.165, 1.54) is 6.92 Å². The van der Waals surface area contributed by atoms with Crippen molar-refractivity contribution in [2.75, 3.05) is 13.1 Å². The van der Waals surface area contributed by atoms with Crippen molar-refractivity contribution >= 4 is 15.9 Å². The predicted octanol–water partition coefficient (Wildman–Crippen LogP) is 0.641. The van der Waals surface area contributed by atoms with Gasteiger partial charge in [-0.2, -0.15) is 0 Å². The number of hydrogen-bond acceptors (Lipinski definition) is 6. The van der Waals surface area contributed by atoms with Gasteiger partial charge in [0.25, 0.3) is 5.91 Å². The number of rotatable bonds is 7. The second-order valence-electron chi connectivity index (χ2n) is 6.06. The lowest BCUT2D eigenvalue weighted by Gasteiger charge is -2.28. The summed E-state index contributed by atoms with van der Waals surface area (Å²) in [4.78, 5) is 20.8. The van der Waals surface area contributed by atoms with Gasteiger partial charge in [-0.1, -0.05) is 18.2 Å². The van der Waals surface area contributed by atoms with E-state index in [1.54, 1.807) is 30.3 Å². The van der Waals surface area contributed by atoms with Crippen molar-refractivity contribution < 1.29 is 22.4 Å². The first-order valence-electron chi connectivity index (χ1n) is 8.23. The minimum Gasteiger partial charge on any atom is -0.313 e. The lowest BCUT2D eigenvalue weighted by Crippen LogP contribution is -2.56. The Morgan fingerprint density at radius 2 is 2.04 bits per heavy atom. The van der Waals surface area contributed by atoms with Gasteiger partial charge in [0.2, 0.25) is 10.0 Å². The number of halogens is 1. The minimum absolute atomic E-state index is 0.00189. The number of nitrogens with one attached hydrogen (secondary N) is 3. The smallest absolute Gasteiger partial charge is 0.274 e. The fourth-order valence-corrected chi connectivity index (χ4v) is 3.83. The van der Waals surface area contributed by atoms with Crippen LogP contribution in [0.3, 0.4) is 0 Å². The van der Waals surface area contributed by atoms with Crippen LogP contribution >= 0.6 is 0 Å². The number of hydroxylamine groups is 1. The van der Waals surface area contributed by atoms with Crippen LogP contribution in [0.2, 0.25) is 0 Å². The van der Waals surface area contributed by atoms with Crippen LogP contribution in [0.15, 0.2) is 41.3 Å². The average molecular weight is 394 g/mol. The largest absolute Gasteiger partial charge is 0.313 e. The Morgan fingerprint density at radius 3 is 2.67 bits per heavy atom. The van der Waals surface area contributed by atoms with E-state index in [0.29, 0.717) is 18.7 Å². The summed E-state index contributed by atoms with van der Waals surface area (Å²) >= 11 is 0. The standard InChI is InChI=1S/C17H19FN4O4S/c1-11-14(18)7-16(27(24,25)22-13-8-19-9-13)15(20-11)10-26-21-17(23)12-5-3-2-4-6-12/h2-7,13,19,22H,8-10H2,1H3,(H,21,23). The molecule has 1 saturated heterocycles. The lowest BCUT2D eigenvalue weighted by atomic mass is 10.2. The zero-order valence-electron chi connectivity index (χ0n) is 14.5. The number of carbonyl (C=O) groups is 1. The van der Waals surface area contributed by atoms with E-state index in [4.69, 9.17) is 4.84 Å². The molecular weight excluding hydrogens is 375 g/mol. The first kappa shape index (κ1) is 19.4. The number of carbonyl (C=O) groups excluding carboxylic acids is 1. The van der Waals surface area contributed by atoms with Crippen LogP contribution in [-0.4, -0.2) is 38.4 Å². The minimum atomic E-state index is -3.98. The highest BCUT2D eigenvalue weighted by Gasteiger charge is 2.28. The van der Waals surface area contributed by atoms with Gasteiger partial charge in [-0.3, -0.25) is 14.6 Å². The summed E-state index contributed by atoms with van der Waals surface area (Å²) in [6, 6.07) is 9.03. The van der Waals surface area contributed by atoms with Crippen LogP contribution in [0, 0.1) is 12.7 Å². The molecule has 2 heterocycles. The van der Waals surface area contributed by atoms with Crippen LogP contribution in [0.1, 0.15) is 21.7 Å². The molecule has 0 radical (unpaired) electrons. The monoisotopic (exact) mass is 394 g/mol. The summed E-state index contributed by atoms with van der Waals surface area (Å²) in [7, 11) is -3.98. The van der Waals surface area contributed by atoms with E-state index in [0.717, 1.165) is 6.07 Å². The number of pyridine rings is 1. The Morgan fingerprint density at radius 1 is 1.33 bits per heavy atom. The van der Waals surface area contributed by atoms with Crippen molar-refractivity contribution in [3.8, 4) is 0 Å². The third kappa shape index (κ3) is 4.66. The van der Waals surface area contributed by atoms with E-state index >= 15 is 0 Å². The van der Waals surface area contributed by atoms with Gasteiger partial charge in [0.15, 0.2) is 0 Å². The van der Waals surface area contributed by atoms with Gasteiger partial charge in [-0.15, -0.1) is 0 Å². The molecule has 1 aliphatic heterocycles. The van der Waals surface area contributed by atoms with Gasteiger partial charge < -0.3 is 5.32 Å². The highest BCUT2D eigenvalue weighted by Crippen LogP contribution is 2.19. The van der Waals surface area contributed by atoms with E-state index in [1.807, 2.05) is 0 Å². The molecule has 3 rings (SSSR count). The summed E-state index contributed by atoms with van der Waals surface area (Å²) < 4.78 is 41.5. The highest BCUT2D eigenvalue weighted by molar-refractivity contribution is 7.89. The second kappa shape index (κ2) is 8.09. The fourth-order valence-electron chi connectivity index (χ4n) is 2.42. The molecule has 2 aromatic rings. The zero-order chi connectivity index (χ0) is 19.4. The van der Waals surface area contributed by atoms with Gasteiger partial charge in [-0.25, -0.2) is 23.0 Å². The van der Waals surface area contributed by atoms with Crippen LogP contribution in [0.5, 0.6) is 0 Å². The Balaban J connectivity index is 1.74. The van der Waals surface area contributed by atoms with Crippen molar-refractivity contribution in [1.29, 1.82) is 0 Å². The quantitative estimate of drug-likeness (QED) is 0.595. The average Bonchev–Trinajstić information content (AvgIpc) is 2.61. The molecule has 1 aliphatic rings. The van der Waals surface area contributed by atoms with E-state index in [2.05, 4.69) is 20.5 Å². The first-order chi connectivity index (χ1) is 12.9. The van der Waals surface area contributed by atoms with E-state index < -0.39 is 21.7 Å². The molecule has 3 N–H and O–H groups in total. The van der Waals surface area contributed by atoms with Gasteiger partial charge in [0.05, 0.1) is 11.4 Å². The maximum atomic E-state index is 13.9. The number of hydrogen-bond donors (Lipinski definition) is 3. The predicted molar refractivity (Wildman–Crippen MR) is 94.6 cm³/mol. The summed E-state index contributed by atoms with van der Waals surface area (Å²) in [6.07, 6.45) is 0. The molecule has 1 amide bonds. The number of amides is 1. The highest BCUT2D eigenvalue weighted by atomic mass is 32.2. The third-order valence-electron chi connectivity index (χ3n) is 3.99. The van der Waals surface area contributed by atoms with E-state index in [9.17, 15) is 17.6 Å². The molecule has 144 valence electrons. The molecule has 1 aromatic heterocycles. The summed E-state index contributed by atoms with van der Waals surface area (Å²) in [5.74, 6) is -1.23. The zero-order valence-corrected chi connectivity index (χ0v) is 15.3. The number of sulfonamides is 1. The van der Waals surface area contributed by atoms with Crippen molar-refractivity contribution in [3.05, 3.63) is 59.2 Å². The first-order valence-corrected chi connectivity index (χ1v) is 9.71. The van der Waals surface area contributed by atoms with Crippen molar-refractivity contribution in [2.45, 2.75) is 24.5 Å². The summed E-state index contributed by atoms with van der Waals surface area (Å²) in [5.41, 5.74) is 2.64. The molecule has 0 bridgehead atoms. The normalized spacial score (nSPS) is 14.6. The van der Waals surface area contributed by atoms with Gasteiger partial charge in [0.1, 0.15) is 17.3 Å². The fraction of sp³-hybridized carbons (Fsp3) is 0.294. The molecule has 0 saturated carbocycles. The molecular formula is C17H19FN4O4S. The number of aromatic nitrogens is 1. The van der Waals surface area contributed by atoms with Crippen LogP contribution < -0.4 is 15.5 Å². The van der Waals surface area contributed by atoms with Crippen molar-refractivity contribution in [3.63, 3.8) is 0 Å². The topological polar surface area (TPSA) is 109 Å². The second-order valence-corrected chi connectivity index (χ2v) is 7.75. The maximum Gasteiger partial charge on any atom is 0.274 e. The van der Waals surface area contributed by atoms with Crippen LogP contribution in [0.25, 0.3) is 0 Å². The SMILES string of the molecule is Cc1nc(CONC(=O)c2ccccc2)c(S(=O)(=O)NC2CNC2)cc1F. The lowest BCUT2D eigenvalue weighted by molar-refractivity contribution is 0.0213. The van der Waals surface area contributed by atoms with Crippen LogP contribution in [0.4, 0.5) is 4.39 Å². The van der Waals surface area contributed by atoms with Crippen molar-refractivity contribution in [2.24, 2.45) is 0 Å². The van der Waals surface area contributed by atoms with Crippen LogP contribution in [-0.2, 0) is 21.5 Å². The van der Waals surface area contributed by atoms with Gasteiger partial charge in [-0.05, 0) is 25.1 Å². The Bertz CT molecular complexity index is 933. The van der Waals surface area contributed by atoms with Gasteiger partial charge >= 0.3 is 0 Å². The molecule has 0 spiro atoms. The summed E-state index contributed by atoms with van der Waals surface area (Å²) in [5, 5.41) is 2.94. The number of benzene rings is 1. The molecule has 1 fully saturated rings. The molecule has 0 atom stereocenters.